The third-order valence-electron chi connectivity index (χ3n) is 5.82. The predicted octanol–water partition coefficient (Wildman–Crippen LogP) is 5.28. The van der Waals surface area contributed by atoms with Gasteiger partial charge in [0.05, 0.1) is 12.8 Å². The normalized spacial score (nSPS) is 33.3. The van der Waals surface area contributed by atoms with E-state index >= 15 is 0 Å². The number of carbonyl (C=O) groups is 2. The summed E-state index contributed by atoms with van der Waals surface area (Å²) in [6.45, 7) is 13.3. The summed E-state index contributed by atoms with van der Waals surface area (Å²) in [5, 5.41) is 0. The first-order chi connectivity index (χ1) is 11.9. The first kappa shape index (κ1) is 21.2. The third-order valence-corrected chi connectivity index (χ3v) is 5.82. The van der Waals surface area contributed by atoms with Crippen molar-refractivity contribution in [2.45, 2.75) is 105 Å². The van der Waals surface area contributed by atoms with Crippen molar-refractivity contribution in [3.63, 3.8) is 0 Å². The molecule has 150 valence electrons. The highest BCUT2D eigenvalue weighted by molar-refractivity contribution is 5.77. The molecule has 2 rings (SSSR count). The standard InChI is InChI=1S/C22H38O4/c1-15-9-17(13-21(3,4)11-15)25-19(23)7-8-20(24)26-18-10-16(2)12-22(5,6)14-18/h15-18H,7-14H2,1-6H3. The van der Waals surface area contributed by atoms with Crippen LogP contribution in [-0.4, -0.2) is 24.1 Å². The quantitative estimate of drug-likeness (QED) is 0.621. The molecule has 0 bridgehead atoms. The second kappa shape index (κ2) is 8.31. The van der Waals surface area contributed by atoms with Crippen LogP contribution in [0.3, 0.4) is 0 Å². The van der Waals surface area contributed by atoms with Gasteiger partial charge in [0.2, 0.25) is 0 Å². The number of carbonyl (C=O) groups excluding carboxylic acids is 2. The molecule has 0 spiro atoms. The Morgan fingerprint density at radius 3 is 1.38 bits per heavy atom. The Morgan fingerprint density at radius 1 is 0.731 bits per heavy atom. The molecular weight excluding hydrogens is 328 g/mol. The van der Waals surface area contributed by atoms with Gasteiger partial charge in [0, 0.05) is 0 Å². The van der Waals surface area contributed by atoms with Crippen molar-refractivity contribution in [2.24, 2.45) is 22.7 Å². The van der Waals surface area contributed by atoms with Gasteiger partial charge in [0.15, 0.2) is 0 Å². The maximum absolute atomic E-state index is 12.2. The Labute approximate surface area is 159 Å². The number of hydrogen-bond acceptors (Lipinski definition) is 4. The smallest absolute Gasteiger partial charge is 0.306 e. The molecule has 4 unspecified atom stereocenters. The molecule has 2 fully saturated rings. The zero-order chi connectivity index (χ0) is 19.5. The molecule has 0 radical (unpaired) electrons. The zero-order valence-corrected chi connectivity index (χ0v) is 17.6. The summed E-state index contributed by atoms with van der Waals surface area (Å²) in [5.74, 6) is 0.597. The predicted molar refractivity (Wildman–Crippen MR) is 103 cm³/mol. The number of hydrogen-bond donors (Lipinski definition) is 0. The van der Waals surface area contributed by atoms with Crippen molar-refractivity contribution in [3.05, 3.63) is 0 Å². The highest BCUT2D eigenvalue weighted by atomic mass is 16.6. The summed E-state index contributed by atoms with van der Waals surface area (Å²) in [6, 6.07) is 0. The van der Waals surface area contributed by atoms with Gasteiger partial charge in [-0.05, 0) is 61.2 Å². The summed E-state index contributed by atoms with van der Waals surface area (Å²) in [6.07, 6.45) is 6.21. The van der Waals surface area contributed by atoms with Gasteiger partial charge in [0.1, 0.15) is 12.2 Å². The molecule has 0 aromatic heterocycles. The molecule has 0 saturated heterocycles. The van der Waals surface area contributed by atoms with Crippen LogP contribution in [-0.2, 0) is 19.1 Å². The van der Waals surface area contributed by atoms with Crippen molar-refractivity contribution in [1.82, 2.24) is 0 Å². The van der Waals surface area contributed by atoms with Crippen LogP contribution in [0.2, 0.25) is 0 Å². The minimum Gasteiger partial charge on any atom is -0.462 e. The first-order valence-corrected chi connectivity index (χ1v) is 10.3. The van der Waals surface area contributed by atoms with Crippen molar-refractivity contribution in [3.8, 4) is 0 Å². The fourth-order valence-electron chi connectivity index (χ4n) is 5.39. The first-order valence-electron chi connectivity index (χ1n) is 10.3. The minimum absolute atomic E-state index is 0.0164. The average Bonchev–Trinajstić information content (AvgIpc) is 2.40. The molecule has 4 heteroatoms. The van der Waals surface area contributed by atoms with Crippen LogP contribution < -0.4 is 0 Å². The minimum atomic E-state index is -0.269. The van der Waals surface area contributed by atoms with Gasteiger partial charge >= 0.3 is 11.9 Å². The largest absolute Gasteiger partial charge is 0.462 e. The molecule has 4 nitrogen and oxygen atoms in total. The molecule has 2 aliphatic carbocycles. The average molecular weight is 367 g/mol. The number of ether oxygens (including phenoxy) is 2. The van der Waals surface area contributed by atoms with E-state index in [0.29, 0.717) is 11.8 Å². The van der Waals surface area contributed by atoms with Gasteiger partial charge < -0.3 is 9.47 Å². The van der Waals surface area contributed by atoms with Gasteiger partial charge in [-0.15, -0.1) is 0 Å². The van der Waals surface area contributed by atoms with E-state index in [9.17, 15) is 9.59 Å². The SMILES string of the molecule is CC1CC(OC(=O)CCC(=O)OC2CC(C)CC(C)(C)C2)CC(C)(C)C1. The fraction of sp³-hybridized carbons (Fsp3) is 0.909. The number of rotatable bonds is 5. The van der Waals surface area contributed by atoms with Gasteiger partial charge in [0.25, 0.3) is 0 Å². The van der Waals surface area contributed by atoms with E-state index in [4.69, 9.17) is 9.47 Å². The molecule has 4 atom stereocenters. The van der Waals surface area contributed by atoms with Crippen LogP contribution >= 0.6 is 0 Å². The molecule has 0 N–H and O–H groups in total. The molecule has 0 aliphatic heterocycles. The van der Waals surface area contributed by atoms with Crippen LogP contribution in [0.5, 0.6) is 0 Å². The summed E-state index contributed by atoms with van der Waals surface area (Å²) in [4.78, 5) is 24.3. The van der Waals surface area contributed by atoms with E-state index in [2.05, 4.69) is 41.5 Å². The Morgan fingerprint density at radius 2 is 1.08 bits per heavy atom. The van der Waals surface area contributed by atoms with Crippen LogP contribution in [0.4, 0.5) is 0 Å². The Hall–Kier alpha value is -1.06. The lowest BCUT2D eigenvalue weighted by atomic mass is 9.71. The Bertz CT molecular complexity index is 462. The van der Waals surface area contributed by atoms with Crippen LogP contribution in [0.1, 0.15) is 92.9 Å². The summed E-state index contributed by atoms with van der Waals surface area (Å²) in [5.41, 5.74) is 0.429. The molecule has 0 aromatic carbocycles. The molecule has 2 saturated carbocycles. The lowest BCUT2D eigenvalue weighted by Gasteiger charge is -2.38. The molecule has 0 amide bonds. The molecule has 26 heavy (non-hydrogen) atoms. The molecule has 0 heterocycles. The molecule has 0 aromatic rings. The van der Waals surface area contributed by atoms with Crippen LogP contribution in [0, 0.1) is 22.7 Å². The van der Waals surface area contributed by atoms with Gasteiger partial charge in [-0.3, -0.25) is 9.59 Å². The van der Waals surface area contributed by atoms with Crippen LogP contribution in [0.25, 0.3) is 0 Å². The molecule has 2 aliphatic rings. The maximum Gasteiger partial charge on any atom is 0.306 e. The second-order valence-corrected chi connectivity index (χ2v) is 10.6. The van der Waals surface area contributed by atoms with E-state index in [-0.39, 0.29) is 47.8 Å². The number of esters is 2. The van der Waals surface area contributed by atoms with Gasteiger partial charge in [-0.25, -0.2) is 0 Å². The van der Waals surface area contributed by atoms with Crippen molar-refractivity contribution >= 4 is 11.9 Å². The van der Waals surface area contributed by atoms with Gasteiger partial charge in [-0.1, -0.05) is 41.5 Å². The monoisotopic (exact) mass is 366 g/mol. The lowest BCUT2D eigenvalue weighted by Crippen LogP contribution is -2.34. The van der Waals surface area contributed by atoms with Crippen LogP contribution in [0.15, 0.2) is 0 Å². The highest BCUT2D eigenvalue weighted by Gasteiger charge is 2.35. The second-order valence-electron chi connectivity index (χ2n) is 10.6. The Kier molecular flexibility index (Phi) is 6.79. The van der Waals surface area contributed by atoms with Gasteiger partial charge in [-0.2, -0.15) is 0 Å². The van der Waals surface area contributed by atoms with E-state index < -0.39 is 0 Å². The maximum atomic E-state index is 12.2. The topological polar surface area (TPSA) is 52.6 Å². The third kappa shape index (κ3) is 6.92. The zero-order valence-electron chi connectivity index (χ0n) is 17.6. The van der Waals surface area contributed by atoms with E-state index in [0.717, 1.165) is 25.7 Å². The molecular formula is C22H38O4. The van der Waals surface area contributed by atoms with E-state index in [1.54, 1.807) is 0 Å². The fourth-order valence-corrected chi connectivity index (χ4v) is 5.39. The van der Waals surface area contributed by atoms with Crippen molar-refractivity contribution in [2.75, 3.05) is 0 Å². The highest BCUT2D eigenvalue weighted by Crippen LogP contribution is 2.40. The summed E-state index contributed by atoms with van der Waals surface area (Å²) < 4.78 is 11.3. The van der Waals surface area contributed by atoms with E-state index in [1.165, 1.54) is 12.8 Å². The van der Waals surface area contributed by atoms with E-state index in [1.807, 2.05) is 0 Å². The van der Waals surface area contributed by atoms with Crippen molar-refractivity contribution < 1.29 is 19.1 Å². The van der Waals surface area contributed by atoms with Crippen molar-refractivity contribution in [1.29, 1.82) is 0 Å². The summed E-state index contributed by atoms with van der Waals surface area (Å²) in [7, 11) is 0. The summed E-state index contributed by atoms with van der Waals surface area (Å²) >= 11 is 0. The lowest BCUT2D eigenvalue weighted by molar-refractivity contribution is -0.160. The Balaban J connectivity index is 1.72.